The van der Waals surface area contributed by atoms with Crippen molar-refractivity contribution in [3.05, 3.63) is 157 Å². The molecule has 0 aromatic heterocycles. The van der Waals surface area contributed by atoms with Crippen LogP contribution in [0.3, 0.4) is 0 Å². The molecule has 6 aromatic carbocycles. The molecule has 6 aromatic rings. The van der Waals surface area contributed by atoms with Gasteiger partial charge in [-0.2, -0.15) is 0 Å². The molecule has 5 heteroatoms. The van der Waals surface area contributed by atoms with Crippen molar-refractivity contribution in [3.8, 4) is 11.5 Å². The first-order valence-electron chi connectivity index (χ1n) is 18.2. The molecule has 0 saturated heterocycles. The van der Waals surface area contributed by atoms with Crippen molar-refractivity contribution in [1.82, 2.24) is 0 Å². The van der Waals surface area contributed by atoms with Crippen LogP contribution < -0.4 is 24.3 Å². The van der Waals surface area contributed by atoms with E-state index in [1.165, 1.54) is 22.5 Å². The van der Waals surface area contributed by atoms with Crippen LogP contribution in [0.5, 0.6) is 11.5 Å². The van der Waals surface area contributed by atoms with Gasteiger partial charge >= 0.3 is 0 Å². The number of ether oxygens (including phenoxy) is 1. The third-order valence-corrected chi connectivity index (χ3v) is 9.38. The van der Waals surface area contributed by atoms with Crippen molar-refractivity contribution in [3.63, 3.8) is 0 Å². The Morgan fingerprint density at radius 2 is 0.667 bits per heavy atom. The summed E-state index contributed by atoms with van der Waals surface area (Å²) in [4.78, 5) is 9.38. The maximum Gasteiger partial charge on any atom is 0.127 e. The van der Waals surface area contributed by atoms with E-state index in [4.69, 9.17) is 4.74 Å². The first kappa shape index (κ1) is 35.2. The molecule has 0 bridgehead atoms. The second-order valence-electron chi connectivity index (χ2n) is 12.8. The first-order chi connectivity index (χ1) is 24.9. The van der Waals surface area contributed by atoms with Gasteiger partial charge < -0.3 is 24.3 Å². The molecule has 0 aliphatic carbocycles. The third-order valence-electron chi connectivity index (χ3n) is 9.38. The molecule has 6 rings (SSSR count). The topological polar surface area (TPSA) is 22.2 Å². The Bertz CT molecular complexity index is 1870. The van der Waals surface area contributed by atoms with Crippen LogP contribution in [0.25, 0.3) is 0 Å². The van der Waals surface area contributed by atoms with Crippen LogP contribution in [0.1, 0.15) is 38.8 Å². The van der Waals surface area contributed by atoms with Crippen LogP contribution >= 0.6 is 0 Å². The summed E-state index contributed by atoms with van der Waals surface area (Å²) in [7, 11) is 0. The predicted octanol–water partition coefficient (Wildman–Crippen LogP) is 12.7. The van der Waals surface area contributed by atoms with Crippen molar-refractivity contribution < 1.29 is 4.74 Å². The minimum absolute atomic E-state index is 0.787. The second kappa shape index (κ2) is 16.4. The van der Waals surface area contributed by atoms with E-state index in [9.17, 15) is 0 Å². The van der Waals surface area contributed by atoms with E-state index >= 15 is 0 Å². The molecular formula is C46H50N4O. The molecule has 0 N–H and O–H groups in total. The lowest BCUT2D eigenvalue weighted by atomic mass is 10.1. The number of nitrogens with zero attached hydrogens (tertiary/aromatic N) is 4. The monoisotopic (exact) mass is 674 g/mol. The summed E-state index contributed by atoms with van der Waals surface area (Å²) < 4.78 is 6.42. The van der Waals surface area contributed by atoms with E-state index in [2.05, 4.69) is 207 Å². The van der Waals surface area contributed by atoms with Crippen LogP contribution in [0.15, 0.2) is 146 Å². The Morgan fingerprint density at radius 1 is 0.353 bits per heavy atom. The fourth-order valence-electron chi connectivity index (χ4n) is 6.73. The number of rotatable bonds is 14. The smallest absolute Gasteiger partial charge is 0.127 e. The quantitative estimate of drug-likeness (QED) is 0.114. The zero-order valence-electron chi connectivity index (χ0n) is 30.9. The van der Waals surface area contributed by atoms with E-state index in [1.807, 2.05) is 0 Å². The Morgan fingerprint density at radius 3 is 1.00 bits per heavy atom. The zero-order chi connectivity index (χ0) is 35.7. The average molecular weight is 675 g/mol. The van der Waals surface area contributed by atoms with Crippen molar-refractivity contribution in [2.75, 3.05) is 45.8 Å². The average Bonchev–Trinajstić information content (AvgIpc) is 3.15. The number of benzene rings is 6. The van der Waals surface area contributed by atoms with Gasteiger partial charge in [-0.3, -0.25) is 0 Å². The van der Waals surface area contributed by atoms with Gasteiger partial charge in [0.2, 0.25) is 0 Å². The lowest BCUT2D eigenvalue weighted by Crippen LogP contribution is -2.22. The lowest BCUT2D eigenvalue weighted by molar-refractivity contribution is 0.483. The molecule has 0 saturated carbocycles. The molecule has 0 amide bonds. The summed E-state index contributed by atoms with van der Waals surface area (Å²) in [6.07, 6.45) is 0. The third kappa shape index (κ3) is 8.21. The van der Waals surface area contributed by atoms with Gasteiger partial charge in [0.1, 0.15) is 11.5 Å². The van der Waals surface area contributed by atoms with Crippen LogP contribution in [-0.2, 0) is 0 Å². The molecule has 0 spiro atoms. The summed E-state index contributed by atoms with van der Waals surface area (Å²) in [6.45, 7) is 16.9. The minimum Gasteiger partial charge on any atom is -0.457 e. The molecule has 260 valence electrons. The number of hydrogen-bond acceptors (Lipinski definition) is 5. The summed E-state index contributed by atoms with van der Waals surface area (Å²) in [5, 5.41) is 0. The molecule has 5 nitrogen and oxygen atoms in total. The highest BCUT2D eigenvalue weighted by atomic mass is 16.5. The van der Waals surface area contributed by atoms with Gasteiger partial charge in [0.05, 0.1) is 0 Å². The molecule has 0 heterocycles. The van der Waals surface area contributed by atoms with Gasteiger partial charge in [-0.25, -0.2) is 0 Å². The van der Waals surface area contributed by atoms with E-state index in [0.717, 1.165) is 71.8 Å². The van der Waals surface area contributed by atoms with E-state index in [1.54, 1.807) is 0 Å². The SMILES string of the molecule is CCN(CC)c1cccc(N(c2ccc(Oc3ccc(N(c4cccc(C)c4)c4cccc(N(CC)CC)c4)cc3)cc2)c2cccc(C)c2)c1. The molecule has 0 fully saturated rings. The molecular weight excluding hydrogens is 625 g/mol. The maximum atomic E-state index is 6.42. The highest BCUT2D eigenvalue weighted by Gasteiger charge is 2.17. The van der Waals surface area contributed by atoms with Crippen molar-refractivity contribution in [2.45, 2.75) is 41.5 Å². The summed E-state index contributed by atoms with van der Waals surface area (Å²) in [5.41, 5.74) is 11.5. The van der Waals surface area contributed by atoms with Gasteiger partial charge in [-0.15, -0.1) is 0 Å². The van der Waals surface area contributed by atoms with Gasteiger partial charge in [0.15, 0.2) is 0 Å². The summed E-state index contributed by atoms with van der Waals surface area (Å²) >= 11 is 0. The van der Waals surface area contributed by atoms with Crippen LogP contribution in [0.4, 0.5) is 45.5 Å². The number of hydrogen-bond donors (Lipinski definition) is 0. The van der Waals surface area contributed by atoms with Gasteiger partial charge in [-0.05, 0) is 162 Å². The van der Waals surface area contributed by atoms with Crippen LogP contribution in [0.2, 0.25) is 0 Å². The van der Waals surface area contributed by atoms with Crippen molar-refractivity contribution in [1.29, 1.82) is 0 Å². The van der Waals surface area contributed by atoms with Crippen molar-refractivity contribution in [2.24, 2.45) is 0 Å². The molecule has 0 aliphatic heterocycles. The second-order valence-corrected chi connectivity index (χ2v) is 12.8. The molecule has 51 heavy (non-hydrogen) atoms. The molecule has 0 atom stereocenters. The Kier molecular flexibility index (Phi) is 11.3. The Balaban J connectivity index is 1.28. The maximum absolute atomic E-state index is 6.42. The van der Waals surface area contributed by atoms with Gasteiger partial charge in [0, 0.05) is 71.7 Å². The van der Waals surface area contributed by atoms with Gasteiger partial charge in [0.25, 0.3) is 0 Å². The normalized spacial score (nSPS) is 10.9. The Hall–Kier alpha value is -5.68. The standard InChI is InChI=1S/C46H50N4O/c1-7-47(8-2)39-17-13-21-43(33-39)49(41-19-11-15-35(5)31-41)37-23-27-45(28-24-37)51-46-29-25-38(26-30-46)50(42-20-12-16-36(6)32-42)44-22-14-18-40(34-44)48(9-3)10-4/h11-34H,7-10H2,1-6H3. The van der Waals surface area contributed by atoms with Crippen LogP contribution in [-0.4, -0.2) is 26.2 Å². The molecule has 0 radical (unpaired) electrons. The first-order valence-corrected chi connectivity index (χ1v) is 18.2. The fraction of sp³-hybridized carbons (Fsp3) is 0.217. The highest BCUT2D eigenvalue weighted by Crippen LogP contribution is 2.40. The largest absolute Gasteiger partial charge is 0.457 e. The van der Waals surface area contributed by atoms with E-state index < -0.39 is 0 Å². The Labute approximate surface area is 305 Å². The molecule has 0 unspecified atom stereocenters. The number of anilines is 8. The fourth-order valence-corrected chi connectivity index (χ4v) is 6.73. The predicted molar refractivity (Wildman–Crippen MR) is 219 cm³/mol. The van der Waals surface area contributed by atoms with Gasteiger partial charge in [-0.1, -0.05) is 36.4 Å². The minimum atomic E-state index is 0.787. The van der Waals surface area contributed by atoms with E-state index in [0.29, 0.717) is 0 Å². The van der Waals surface area contributed by atoms with E-state index in [-0.39, 0.29) is 0 Å². The molecule has 0 aliphatic rings. The highest BCUT2D eigenvalue weighted by molar-refractivity contribution is 5.80. The summed E-state index contributed by atoms with van der Waals surface area (Å²) in [5.74, 6) is 1.57. The number of aryl methyl sites for hydroxylation is 2. The zero-order valence-corrected chi connectivity index (χ0v) is 30.9. The summed E-state index contributed by atoms with van der Waals surface area (Å²) in [6, 6.07) is 51.7. The van der Waals surface area contributed by atoms with Crippen LogP contribution in [0, 0.1) is 13.8 Å². The van der Waals surface area contributed by atoms with Crippen molar-refractivity contribution >= 4 is 45.5 Å². The lowest BCUT2D eigenvalue weighted by Gasteiger charge is -2.28.